The molecule has 0 saturated carbocycles. The van der Waals surface area contributed by atoms with Crippen molar-refractivity contribution in [3.05, 3.63) is 65.7 Å². The van der Waals surface area contributed by atoms with E-state index in [4.69, 9.17) is 0 Å². The number of hydrogen-bond donors (Lipinski definition) is 1. The Morgan fingerprint density at radius 1 is 0.818 bits per heavy atom. The smallest absolute Gasteiger partial charge is 0.419 e. The molecule has 0 atom stereocenters. The van der Waals surface area contributed by atoms with Crippen LogP contribution in [0, 0.1) is 0 Å². The summed E-state index contributed by atoms with van der Waals surface area (Å²) in [6.45, 7) is 0. The van der Waals surface area contributed by atoms with Gasteiger partial charge in [0, 0.05) is 5.69 Å². The molecule has 1 N–H and O–H groups in total. The van der Waals surface area contributed by atoms with E-state index in [1.165, 1.54) is 31.4 Å². The zero-order valence-corrected chi connectivity index (χ0v) is 11.7. The Balaban J connectivity index is 1.95. The van der Waals surface area contributed by atoms with Crippen LogP contribution < -0.4 is 5.32 Å². The summed E-state index contributed by atoms with van der Waals surface area (Å²) in [6.07, 6.45) is -0.903. The topological polar surface area (TPSA) is 81.7 Å². The van der Waals surface area contributed by atoms with Crippen LogP contribution in [0.1, 0.15) is 20.7 Å². The van der Waals surface area contributed by atoms with E-state index in [1.54, 1.807) is 30.3 Å². The van der Waals surface area contributed by atoms with Crippen molar-refractivity contribution in [2.24, 2.45) is 0 Å². The highest BCUT2D eigenvalue weighted by Gasteiger charge is 2.13. The average Bonchev–Trinajstić information content (AvgIpc) is 2.55. The van der Waals surface area contributed by atoms with Crippen molar-refractivity contribution in [3.63, 3.8) is 0 Å². The zero-order valence-electron chi connectivity index (χ0n) is 11.7. The van der Waals surface area contributed by atoms with Gasteiger partial charge in [-0.05, 0) is 36.4 Å². The highest BCUT2D eigenvalue weighted by molar-refractivity contribution is 6.00. The summed E-state index contributed by atoms with van der Waals surface area (Å²) in [7, 11) is 1.28. The van der Waals surface area contributed by atoms with Crippen LogP contribution in [0.3, 0.4) is 0 Å². The first-order valence-corrected chi connectivity index (χ1v) is 6.37. The molecule has 6 nitrogen and oxygen atoms in total. The molecule has 2 aromatic rings. The van der Waals surface area contributed by atoms with Crippen LogP contribution in [-0.2, 0) is 9.47 Å². The second-order valence-electron chi connectivity index (χ2n) is 4.24. The number of hydrogen-bond acceptors (Lipinski definition) is 5. The van der Waals surface area contributed by atoms with E-state index >= 15 is 0 Å². The molecule has 0 unspecified atom stereocenters. The van der Waals surface area contributed by atoms with Gasteiger partial charge < -0.3 is 9.47 Å². The van der Waals surface area contributed by atoms with E-state index in [0.717, 1.165) is 0 Å². The van der Waals surface area contributed by atoms with E-state index in [2.05, 4.69) is 14.8 Å². The van der Waals surface area contributed by atoms with Gasteiger partial charge in [-0.1, -0.05) is 18.2 Å². The Morgan fingerprint density at radius 2 is 1.41 bits per heavy atom. The first kappa shape index (κ1) is 15.2. The number of ether oxygens (including phenoxy) is 2. The quantitative estimate of drug-likeness (QED) is 0.696. The monoisotopic (exact) mass is 299 g/mol. The lowest BCUT2D eigenvalue weighted by atomic mass is 10.2. The molecule has 0 heterocycles. The van der Waals surface area contributed by atoms with Gasteiger partial charge in [0.15, 0.2) is 0 Å². The Labute approximate surface area is 126 Å². The third-order valence-electron chi connectivity index (χ3n) is 2.75. The van der Waals surface area contributed by atoms with Gasteiger partial charge in [-0.25, -0.2) is 14.4 Å². The van der Waals surface area contributed by atoms with Crippen molar-refractivity contribution in [2.75, 3.05) is 12.4 Å². The van der Waals surface area contributed by atoms with Crippen LogP contribution in [0.5, 0.6) is 0 Å². The fourth-order valence-corrected chi connectivity index (χ4v) is 1.67. The Bertz CT molecular complexity index is 679. The number of amides is 1. The number of carbonyl (C=O) groups is 3. The second kappa shape index (κ2) is 7.03. The lowest BCUT2D eigenvalue weighted by molar-refractivity contribution is 0.0598. The van der Waals surface area contributed by atoms with E-state index < -0.39 is 18.0 Å². The lowest BCUT2D eigenvalue weighted by Crippen LogP contribution is -2.18. The summed E-state index contributed by atoms with van der Waals surface area (Å²) < 4.78 is 9.22. The molecule has 0 aromatic heterocycles. The summed E-state index contributed by atoms with van der Waals surface area (Å²) in [5.41, 5.74) is 1.01. The minimum atomic E-state index is -0.903. The maximum atomic E-state index is 11.7. The van der Waals surface area contributed by atoms with Crippen molar-refractivity contribution in [1.82, 2.24) is 0 Å². The number of nitrogens with one attached hydrogen (secondary N) is 1. The molecule has 0 spiro atoms. The summed E-state index contributed by atoms with van der Waals surface area (Å²) in [5.74, 6) is -1.22. The Morgan fingerprint density at radius 3 is 2.00 bits per heavy atom. The van der Waals surface area contributed by atoms with Crippen LogP contribution in [0.2, 0.25) is 0 Å². The molecule has 2 rings (SSSR count). The first-order chi connectivity index (χ1) is 10.6. The number of esters is 2. The Hall–Kier alpha value is -3.15. The normalized spacial score (nSPS) is 9.68. The van der Waals surface area contributed by atoms with Crippen LogP contribution in [-0.4, -0.2) is 25.1 Å². The second-order valence-corrected chi connectivity index (χ2v) is 4.24. The number of carbonyl (C=O) groups excluding carboxylic acids is 3. The third-order valence-corrected chi connectivity index (χ3v) is 2.75. The molecule has 2 aromatic carbocycles. The van der Waals surface area contributed by atoms with Crippen molar-refractivity contribution in [3.8, 4) is 0 Å². The molecular weight excluding hydrogens is 286 g/mol. The third kappa shape index (κ3) is 3.92. The molecule has 0 aliphatic heterocycles. The minimum absolute atomic E-state index is 0.277. The molecule has 1 amide bonds. The molecule has 0 bridgehead atoms. The molecule has 0 saturated heterocycles. The fourth-order valence-electron chi connectivity index (χ4n) is 1.67. The summed E-state index contributed by atoms with van der Waals surface area (Å²) >= 11 is 0. The molecule has 0 aliphatic rings. The molecule has 0 aliphatic carbocycles. The van der Waals surface area contributed by atoms with E-state index in [-0.39, 0.29) is 5.56 Å². The minimum Gasteiger partial charge on any atom is -0.465 e. The lowest BCUT2D eigenvalue weighted by Gasteiger charge is -2.06. The van der Waals surface area contributed by atoms with Crippen molar-refractivity contribution < 1.29 is 23.9 Å². The molecule has 22 heavy (non-hydrogen) atoms. The summed E-state index contributed by atoms with van der Waals surface area (Å²) in [5, 5.41) is 2.39. The van der Waals surface area contributed by atoms with Crippen molar-refractivity contribution in [1.29, 1.82) is 0 Å². The van der Waals surface area contributed by atoms with Gasteiger partial charge in [0.05, 0.1) is 18.2 Å². The highest BCUT2D eigenvalue weighted by Crippen LogP contribution is 2.11. The fraction of sp³-hybridized carbons (Fsp3) is 0.0625. The Kier molecular flexibility index (Phi) is 4.87. The maximum absolute atomic E-state index is 11.7. The molecule has 0 fully saturated rings. The van der Waals surface area contributed by atoms with Gasteiger partial charge >= 0.3 is 18.0 Å². The SMILES string of the molecule is COC(=O)c1ccc(NC(=O)OC(=O)c2ccccc2)cc1. The number of anilines is 1. The maximum Gasteiger partial charge on any atom is 0.419 e. The van der Waals surface area contributed by atoms with Crippen molar-refractivity contribution in [2.45, 2.75) is 0 Å². The standard InChI is InChI=1S/C16H13NO5/c1-21-14(18)12-7-9-13(10-8-12)17-16(20)22-15(19)11-5-3-2-4-6-11/h2-10H,1H3,(H,17,20). The van der Waals surface area contributed by atoms with Gasteiger partial charge in [0.25, 0.3) is 0 Å². The van der Waals surface area contributed by atoms with Crippen LogP contribution in [0.15, 0.2) is 54.6 Å². The van der Waals surface area contributed by atoms with Crippen molar-refractivity contribution >= 4 is 23.7 Å². The number of benzene rings is 2. The molecule has 0 radical (unpaired) electrons. The van der Waals surface area contributed by atoms with Gasteiger partial charge in [-0.15, -0.1) is 0 Å². The van der Waals surface area contributed by atoms with Gasteiger partial charge in [0.1, 0.15) is 0 Å². The molecular formula is C16H13NO5. The van der Waals surface area contributed by atoms with Crippen LogP contribution in [0.4, 0.5) is 10.5 Å². The predicted octanol–water partition coefficient (Wildman–Crippen LogP) is 2.86. The number of methoxy groups -OCH3 is 1. The molecule has 6 heteroatoms. The first-order valence-electron chi connectivity index (χ1n) is 6.37. The highest BCUT2D eigenvalue weighted by atomic mass is 16.6. The number of rotatable bonds is 3. The summed E-state index contributed by atoms with van der Waals surface area (Å²) in [6, 6.07) is 14.1. The summed E-state index contributed by atoms with van der Waals surface area (Å²) in [4.78, 5) is 34.6. The largest absolute Gasteiger partial charge is 0.465 e. The average molecular weight is 299 g/mol. The predicted molar refractivity (Wildman–Crippen MR) is 78.7 cm³/mol. The van der Waals surface area contributed by atoms with E-state index in [0.29, 0.717) is 11.3 Å². The molecule has 112 valence electrons. The van der Waals surface area contributed by atoms with Crippen LogP contribution >= 0.6 is 0 Å². The van der Waals surface area contributed by atoms with Gasteiger partial charge in [-0.3, -0.25) is 5.32 Å². The zero-order chi connectivity index (χ0) is 15.9. The van der Waals surface area contributed by atoms with Gasteiger partial charge in [0.2, 0.25) is 0 Å². The van der Waals surface area contributed by atoms with E-state index in [9.17, 15) is 14.4 Å². The van der Waals surface area contributed by atoms with E-state index in [1.807, 2.05) is 0 Å². The van der Waals surface area contributed by atoms with Crippen LogP contribution in [0.25, 0.3) is 0 Å². The van der Waals surface area contributed by atoms with Gasteiger partial charge in [-0.2, -0.15) is 0 Å².